The van der Waals surface area contributed by atoms with Crippen molar-refractivity contribution < 1.29 is 4.79 Å². The molecule has 0 aliphatic rings. The Labute approximate surface area is 143 Å². The molecule has 0 aromatic heterocycles. The highest BCUT2D eigenvalue weighted by molar-refractivity contribution is 6.34. The Kier molecular flexibility index (Phi) is 5.80. The summed E-state index contributed by atoms with van der Waals surface area (Å²) in [5, 5.41) is 3.50. The summed E-state index contributed by atoms with van der Waals surface area (Å²) in [7, 11) is 1.93. The third kappa shape index (κ3) is 5.08. The van der Waals surface area contributed by atoms with Gasteiger partial charge in [-0.15, -0.1) is 0 Å². The van der Waals surface area contributed by atoms with Gasteiger partial charge in [0.1, 0.15) is 0 Å². The van der Waals surface area contributed by atoms with Crippen LogP contribution in [0.4, 0.5) is 5.69 Å². The first-order valence-corrected chi connectivity index (χ1v) is 8.03. The van der Waals surface area contributed by atoms with Crippen LogP contribution in [0.1, 0.15) is 22.3 Å². The van der Waals surface area contributed by atoms with Crippen LogP contribution in [-0.4, -0.2) is 24.4 Å². The zero-order chi connectivity index (χ0) is 17.0. The van der Waals surface area contributed by atoms with Crippen LogP contribution in [0.2, 0.25) is 5.02 Å². The summed E-state index contributed by atoms with van der Waals surface area (Å²) < 4.78 is 0. The van der Waals surface area contributed by atoms with E-state index in [-0.39, 0.29) is 5.91 Å². The van der Waals surface area contributed by atoms with Crippen LogP contribution in [0.25, 0.3) is 0 Å². The van der Waals surface area contributed by atoms with Crippen molar-refractivity contribution in [2.75, 3.05) is 18.9 Å². The lowest BCUT2D eigenvalue weighted by Crippen LogP contribution is -2.30. The van der Waals surface area contributed by atoms with Crippen molar-refractivity contribution in [3.63, 3.8) is 0 Å². The van der Waals surface area contributed by atoms with Gasteiger partial charge < -0.3 is 5.32 Å². The van der Waals surface area contributed by atoms with Crippen molar-refractivity contribution in [3.8, 4) is 0 Å². The highest BCUT2D eigenvalue weighted by Crippen LogP contribution is 2.27. The quantitative estimate of drug-likeness (QED) is 0.884. The third-order valence-electron chi connectivity index (χ3n) is 3.68. The van der Waals surface area contributed by atoms with E-state index >= 15 is 0 Å². The van der Waals surface area contributed by atoms with Crippen LogP contribution in [0, 0.1) is 20.8 Å². The van der Waals surface area contributed by atoms with Crippen molar-refractivity contribution in [2.24, 2.45) is 0 Å². The lowest BCUT2D eigenvalue weighted by Gasteiger charge is -2.18. The third-order valence-corrected chi connectivity index (χ3v) is 3.98. The number of aryl methyl sites for hydroxylation is 3. The molecular formula is C19H23ClN2O. The van der Waals surface area contributed by atoms with Crippen LogP contribution in [-0.2, 0) is 11.3 Å². The molecule has 0 atom stereocenters. The summed E-state index contributed by atoms with van der Waals surface area (Å²) in [4.78, 5) is 14.2. The van der Waals surface area contributed by atoms with Gasteiger partial charge in [0.15, 0.2) is 0 Å². The first-order valence-electron chi connectivity index (χ1n) is 7.66. The second-order valence-electron chi connectivity index (χ2n) is 6.14. The van der Waals surface area contributed by atoms with Gasteiger partial charge in [0.05, 0.1) is 17.3 Å². The highest BCUT2D eigenvalue weighted by atomic mass is 35.5. The Hall–Kier alpha value is -1.84. The Balaban J connectivity index is 1.95. The van der Waals surface area contributed by atoms with E-state index in [1.807, 2.05) is 37.9 Å². The van der Waals surface area contributed by atoms with E-state index in [0.29, 0.717) is 17.3 Å². The molecule has 23 heavy (non-hydrogen) atoms. The number of hydrogen-bond donors (Lipinski definition) is 1. The van der Waals surface area contributed by atoms with Gasteiger partial charge in [0, 0.05) is 6.54 Å². The molecule has 0 unspecified atom stereocenters. The Morgan fingerprint density at radius 1 is 1.09 bits per heavy atom. The number of amides is 1. The van der Waals surface area contributed by atoms with E-state index in [9.17, 15) is 4.79 Å². The number of hydrogen-bond acceptors (Lipinski definition) is 2. The second kappa shape index (κ2) is 7.62. The van der Waals surface area contributed by atoms with Crippen molar-refractivity contribution in [2.45, 2.75) is 27.3 Å². The first-order chi connectivity index (χ1) is 10.8. The average molecular weight is 331 g/mol. The topological polar surface area (TPSA) is 32.3 Å². The fourth-order valence-electron chi connectivity index (χ4n) is 2.56. The molecule has 1 amide bonds. The lowest BCUT2D eigenvalue weighted by atomic mass is 10.1. The van der Waals surface area contributed by atoms with Gasteiger partial charge in [-0.1, -0.05) is 47.5 Å². The van der Waals surface area contributed by atoms with E-state index in [1.165, 1.54) is 11.1 Å². The monoisotopic (exact) mass is 330 g/mol. The smallest absolute Gasteiger partial charge is 0.238 e. The maximum absolute atomic E-state index is 12.2. The fourth-order valence-corrected chi connectivity index (χ4v) is 2.93. The molecule has 0 saturated carbocycles. The normalized spacial score (nSPS) is 10.9. The van der Waals surface area contributed by atoms with E-state index in [2.05, 4.69) is 36.5 Å². The molecule has 3 nitrogen and oxygen atoms in total. The minimum Gasteiger partial charge on any atom is -0.323 e. The SMILES string of the molecule is Cc1ccc(CN(C)CC(=O)Nc2c(C)cc(C)cc2Cl)cc1. The molecule has 0 bridgehead atoms. The number of rotatable bonds is 5. The largest absolute Gasteiger partial charge is 0.323 e. The van der Waals surface area contributed by atoms with Crippen molar-refractivity contribution in [1.29, 1.82) is 0 Å². The van der Waals surface area contributed by atoms with Crippen LogP contribution >= 0.6 is 11.6 Å². The number of likely N-dealkylation sites (N-methyl/N-ethyl adjacent to an activating group) is 1. The van der Waals surface area contributed by atoms with Gasteiger partial charge in [-0.3, -0.25) is 9.69 Å². The van der Waals surface area contributed by atoms with Crippen molar-refractivity contribution in [1.82, 2.24) is 4.90 Å². The molecule has 2 aromatic carbocycles. The maximum atomic E-state index is 12.2. The second-order valence-corrected chi connectivity index (χ2v) is 6.55. The minimum atomic E-state index is -0.0616. The number of benzene rings is 2. The zero-order valence-corrected chi connectivity index (χ0v) is 14.9. The fraction of sp³-hybridized carbons (Fsp3) is 0.316. The standard InChI is InChI=1S/C19H23ClN2O/c1-13-5-7-16(8-6-13)11-22(4)12-18(23)21-19-15(3)9-14(2)10-17(19)20/h5-10H,11-12H2,1-4H3,(H,21,23). The molecule has 0 aliphatic carbocycles. The lowest BCUT2D eigenvalue weighted by molar-refractivity contribution is -0.117. The molecule has 122 valence electrons. The zero-order valence-electron chi connectivity index (χ0n) is 14.1. The molecule has 1 N–H and O–H groups in total. The van der Waals surface area contributed by atoms with Crippen LogP contribution in [0.3, 0.4) is 0 Å². The predicted molar refractivity (Wildman–Crippen MR) is 97.1 cm³/mol. The van der Waals surface area contributed by atoms with Gasteiger partial charge in [-0.25, -0.2) is 0 Å². The van der Waals surface area contributed by atoms with Crippen LogP contribution in [0.5, 0.6) is 0 Å². The summed E-state index contributed by atoms with van der Waals surface area (Å²) in [6.07, 6.45) is 0. The maximum Gasteiger partial charge on any atom is 0.238 e. The summed E-state index contributed by atoms with van der Waals surface area (Å²) >= 11 is 6.23. The number of nitrogens with zero attached hydrogens (tertiary/aromatic N) is 1. The van der Waals surface area contributed by atoms with Gasteiger partial charge >= 0.3 is 0 Å². The molecule has 2 aromatic rings. The van der Waals surface area contributed by atoms with Crippen molar-refractivity contribution in [3.05, 3.63) is 63.7 Å². The molecule has 0 saturated heterocycles. The minimum absolute atomic E-state index is 0.0616. The molecule has 2 rings (SSSR count). The Morgan fingerprint density at radius 3 is 2.35 bits per heavy atom. The van der Waals surface area contributed by atoms with Gasteiger partial charge in [0.2, 0.25) is 5.91 Å². The first kappa shape index (κ1) is 17.5. The molecule has 0 heterocycles. The van der Waals surface area contributed by atoms with E-state index in [0.717, 1.165) is 17.7 Å². The highest BCUT2D eigenvalue weighted by Gasteiger charge is 2.11. The molecule has 4 heteroatoms. The molecule has 0 aliphatic heterocycles. The summed E-state index contributed by atoms with van der Waals surface area (Å²) in [6.45, 7) is 7.05. The van der Waals surface area contributed by atoms with Crippen LogP contribution in [0.15, 0.2) is 36.4 Å². The molecule has 0 radical (unpaired) electrons. The summed E-state index contributed by atoms with van der Waals surface area (Å²) in [5.74, 6) is -0.0616. The average Bonchev–Trinajstić information content (AvgIpc) is 2.45. The van der Waals surface area contributed by atoms with E-state index in [4.69, 9.17) is 11.6 Å². The molecule has 0 fully saturated rings. The number of carbonyl (C=O) groups excluding carboxylic acids is 1. The number of nitrogens with one attached hydrogen (secondary N) is 1. The van der Waals surface area contributed by atoms with Gasteiger partial charge in [0.25, 0.3) is 0 Å². The Bertz CT molecular complexity index is 672. The number of anilines is 1. The predicted octanol–water partition coefficient (Wildman–Crippen LogP) is 4.34. The van der Waals surface area contributed by atoms with E-state index < -0.39 is 0 Å². The molecular weight excluding hydrogens is 308 g/mol. The van der Waals surface area contributed by atoms with Crippen molar-refractivity contribution >= 4 is 23.2 Å². The van der Waals surface area contributed by atoms with E-state index in [1.54, 1.807) is 0 Å². The van der Waals surface area contributed by atoms with Gasteiger partial charge in [-0.2, -0.15) is 0 Å². The summed E-state index contributed by atoms with van der Waals surface area (Å²) in [5.41, 5.74) is 5.19. The number of halogens is 1. The van der Waals surface area contributed by atoms with Gasteiger partial charge in [-0.05, 0) is 50.6 Å². The van der Waals surface area contributed by atoms with Crippen LogP contribution < -0.4 is 5.32 Å². The number of carbonyl (C=O) groups is 1. The Morgan fingerprint density at radius 2 is 1.74 bits per heavy atom. The molecule has 0 spiro atoms. The summed E-state index contributed by atoms with van der Waals surface area (Å²) in [6, 6.07) is 12.2.